The Labute approximate surface area is 153 Å². The van der Waals surface area contributed by atoms with Gasteiger partial charge in [-0.1, -0.05) is 36.4 Å². The van der Waals surface area contributed by atoms with Crippen molar-refractivity contribution in [3.63, 3.8) is 0 Å². The fourth-order valence-corrected chi connectivity index (χ4v) is 3.70. The topological polar surface area (TPSA) is 62.3 Å². The number of pyridine rings is 1. The lowest BCUT2D eigenvalue weighted by atomic mass is 9.95. The molecule has 1 aliphatic carbocycles. The third kappa shape index (κ3) is 3.47. The van der Waals surface area contributed by atoms with E-state index in [0.717, 1.165) is 18.5 Å². The van der Waals surface area contributed by atoms with Gasteiger partial charge in [0.1, 0.15) is 0 Å². The summed E-state index contributed by atoms with van der Waals surface area (Å²) in [4.78, 5) is 30.8. The molecule has 0 bridgehead atoms. The van der Waals surface area contributed by atoms with Gasteiger partial charge in [-0.05, 0) is 30.5 Å². The minimum atomic E-state index is -0.266. The number of carbonyl (C=O) groups is 2. The van der Waals surface area contributed by atoms with Gasteiger partial charge in [-0.3, -0.25) is 14.6 Å². The van der Waals surface area contributed by atoms with E-state index in [0.29, 0.717) is 19.6 Å². The predicted molar refractivity (Wildman–Crippen MR) is 98.1 cm³/mol. The van der Waals surface area contributed by atoms with E-state index >= 15 is 0 Å². The Bertz CT molecular complexity index is 787. The molecular weight excluding hydrogens is 326 g/mol. The minimum Gasteiger partial charge on any atom is -0.355 e. The Kier molecular flexibility index (Phi) is 4.45. The van der Waals surface area contributed by atoms with E-state index in [2.05, 4.69) is 22.4 Å². The second-order valence-electron chi connectivity index (χ2n) is 7.36. The zero-order valence-corrected chi connectivity index (χ0v) is 14.7. The fourth-order valence-electron chi connectivity index (χ4n) is 3.70. The van der Waals surface area contributed by atoms with Crippen molar-refractivity contribution in [3.8, 4) is 0 Å². The molecule has 5 nitrogen and oxygen atoms in total. The third-order valence-electron chi connectivity index (χ3n) is 5.51. The number of aromatic nitrogens is 1. The van der Waals surface area contributed by atoms with E-state index in [1.807, 2.05) is 36.4 Å². The highest BCUT2D eigenvalue weighted by Crippen LogP contribution is 2.47. The average Bonchev–Trinajstić information content (AvgIpc) is 3.39. The van der Waals surface area contributed by atoms with Gasteiger partial charge < -0.3 is 10.2 Å². The zero-order valence-electron chi connectivity index (χ0n) is 14.7. The molecule has 2 heterocycles. The molecule has 0 radical (unpaired) electrons. The third-order valence-corrected chi connectivity index (χ3v) is 5.51. The van der Waals surface area contributed by atoms with Crippen LogP contribution >= 0.6 is 0 Å². The minimum absolute atomic E-state index is 0.0101. The number of hydrogen-bond donors (Lipinski definition) is 1. The van der Waals surface area contributed by atoms with Crippen LogP contribution in [0.2, 0.25) is 0 Å². The first kappa shape index (κ1) is 16.8. The van der Waals surface area contributed by atoms with E-state index in [-0.39, 0.29) is 29.6 Å². The Hall–Kier alpha value is -2.69. The zero-order chi connectivity index (χ0) is 18.0. The lowest BCUT2D eigenvalue weighted by Gasteiger charge is -2.19. The average molecular weight is 349 g/mol. The highest BCUT2D eigenvalue weighted by molar-refractivity contribution is 5.89. The second kappa shape index (κ2) is 6.90. The smallest absolute Gasteiger partial charge is 0.225 e. The van der Waals surface area contributed by atoms with Crippen LogP contribution in [0.15, 0.2) is 54.7 Å². The molecule has 1 aromatic carbocycles. The Balaban J connectivity index is 1.32. The molecule has 0 unspecified atom stereocenters. The van der Waals surface area contributed by atoms with Gasteiger partial charge in [-0.2, -0.15) is 0 Å². The van der Waals surface area contributed by atoms with Crippen LogP contribution in [-0.2, 0) is 21.5 Å². The summed E-state index contributed by atoms with van der Waals surface area (Å²) in [6.07, 6.45) is 4.22. The Morgan fingerprint density at radius 3 is 2.62 bits per heavy atom. The van der Waals surface area contributed by atoms with Gasteiger partial charge in [-0.15, -0.1) is 0 Å². The van der Waals surface area contributed by atoms with Crippen LogP contribution < -0.4 is 5.32 Å². The van der Waals surface area contributed by atoms with Gasteiger partial charge >= 0.3 is 0 Å². The summed E-state index contributed by atoms with van der Waals surface area (Å²) < 4.78 is 0. The number of nitrogens with zero attached hydrogens (tertiary/aromatic N) is 2. The lowest BCUT2D eigenvalue weighted by molar-refractivity contribution is -0.129. The quantitative estimate of drug-likeness (QED) is 0.870. The summed E-state index contributed by atoms with van der Waals surface area (Å²) in [7, 11) is 0. The maximum absolute atomic E-state index is 12.6. The van der Waals surface area contributed by atoms with E-state index in [1.165, 1.54) is 5.56 Å². The molecule has 2 amide bonds. The van der Waals surface area contributed by atoms with Crippen LogP contribution in [0.5, 0.6) is 0 Å². The van der Waals surface area contributed by atoms with Gasteiger partial charge in [0.15, 0.2) is 0 Å². The molecule has 0 spiro atoms. The van der Waals surface area contributed by atoms with Gasteiger partial charge in [0.2, 0.25) is 11.8 Å². The number of benzene rings is 1. The molecule has 5 heteroatoms. The first-order valence-electron chi connectivity index (χ1n) is 9.17. The molecule has 4 rings (SSSR count). The van der Waals surface area contributed by atoms with Gasteiger partial charge in [0.25, 0.3) is 0 Å². The number of likely N-dealkylation sites (tertiary alicyclic amines) is 1. The molecular formula is C21H23N3O2. The van der Waals surface area contributed by atoms with E-state index in [4.69, 9.17) is 0 Å². The molecule has 1 aromatic heterocycles. The number of nitrogens with one attached hydrogen (secondary N) is 1. The molecule has 2 fully saturated rings. The van der Waals surface area contributed by atoms with Crippen molar-refractivity contribution < 1.29 is 9.59 Å². The first-order valence-corrected chi connectivity index (χ1v) is 9.17. The van der Waals surface area contributed by atoms with Gasteiger partial charge in [0.05, 0.1) is 18.2 Å². The normalized spacial score (nSPS) is 20.8. The van der Waals surface area contributed by atoms with Gasteiger partial charge in [0, 0.05) is 31.1 Å². The van der Waals surface area contributed by atoms with E-state index in [1.54, 1.807) is 11.1 Å². The number of rotatable bonds is 6. The second-order valence-corrected chi connectivity index (χ2v) is 7.36. The molecule has 1 atom stereocenters. The van der Waals surface area contributed by atoms with Crippen molar-refractivity contribution in [1.29, 1.82) is 0 Å². The predicted octanol–water partition coefficient (Wildman–Crippen LogP) is 2.28. The molecule has 134 valence electrons. The van der Waals surface area contributed by atoms with Crippen molar-refractivity contribution in [2.24, 2.45) is 5.92 Å². The summed E-state index contributed by atoms with van der Waals surface area (Å²) in [5.74, 6) is -0.248. The molecule has 2 aliphatic rings. The number of hydrogen-bond acceptors (Lipinski definition) is 3. The number of amides is 2. The summed E-state index contributed by atoms with van der Waals surface area (Å²) >= 11 is 0. The van der Waals surface area contributed by atoms with Crippen molar-refractivity contribution in [1.82, 2.24) is 15.2 Å². The summed E-state index contributed by atoms with van der Waals surface area (Å²) in [5.41, 5.74) is 2.23. The molecule has 2 aromatic rings. The highest BCUT2D eigenvalue weighted by Gasteiger charge is 2.45. The molecule has 1 saturated heterocycles. The standard InChI is InChI=1S/C21H23N3O2/c25-19-12-16(13-24(19)14-18-8-4-5-11-22-18)20(26)23-15-21(9-10-21)17-6-2-1-3-7-17/h1-8,11,16H,9-10,12-15H2,(H,23,26)/t16-/m1/s1. The molecule has 1 N–H and O–H groups in total. The highest BCUT2D eigenvalue weighted by atomic mass is 16.2. The summed E-state index contributed by atoms with van der Waals surface area (Å²) in [5, 5.41) is 3.10. The van der Waals surface area contributed by atoms with Crippen molar-refractivity contribution in [2.75, 3.05) is 13.1 Å². The van der Waals surface area contributed by atoms with Crippen molar-refractivity contribution >= 4 is 11.8 Å². The maximum atomic E-state index is 12.6. The number of carbonyl (C=O) groups excluding carboxylic acids is 2. The van der Waals surface area contributed by atoms with Crippen LogP contribution in [0.1, 0.15) is 30.5 Å². The monoisotopic (exact) mass is 349 g/mol. The first-order chi connectivity index (χ1) is 12.7. The summed E-state index contributed by atoms with van der Waals surface area (Å²) in [6.45, 7) is 1.60. The molecule has 1 aliphatic heterocycles. The van der Waals surface area contributed by atoms with Crippen molar-refractivity contribution in [3.05, 3.63) is 66.0 Å². The Morgan fingerprint density at radius 2 is 1.92 bits per heavy atom. The molecule has 1 saturated carbocycles. The van der Waals surface area contributed by atoms with Gasteiger partial charge in [-0.25, -0.2) is 0 Å². The van der Waals surface area contributed by atoms with Crippen LogP contribution in [0.4, 0.5) is 0 Å². The fraction of sp³-hybridized carbons (Fsp3) is 0.381. The van der Waals surface area contributed by atoms with Crippen LogP contribution in [-0.4, -0.2) is 34.8 Å². The SMILES string of the molecule is O=C(NCC1(c2ccccc2)CC1)[C@@H]1CC(=O)N(Cc2ccccn2)C1. The van der Waals surface area contributed by atoms with E-state index in [9.17, 15) is 9.59 Å². The largest absolute Gasteiger partial charge is 0.355 e. The Morgan fingerprint density at radius 1 is 1.15 bits per heavy atom. The van der Waals surface area contributed by atoms with Crippen molar-refractivity contribution in [2.45, 2.75) is 31.2 Å². The van der Waals surface area contributed by atoms with E-state index < -0.39 is 0 Å². The lowest BCUT2D eigenvalue weighted by Crippen LogP contribution is -2.37. The van der Waals surface area contributed by atoms with Crippen LogP contribution in [0.25, 0.3) is 0 Å². The van der Waals surface area contributed by atoms with Crippen LogP contribution in [0, 0.1) is 5.92 Å². The summed E-state index contributed by atoms with van der Waals surface area (Å²) in [6, 6.07) is 16.0. The van der Waals surface area contributed by atoms with Crippen LogP contribution in [0.3, 0.4) is 0 Å². The molecule has 26 heavy (non-hydrogen) atoms. The maximum Gasteiger partial charge on any atom is 0.225 e.